The van der Waals surface area contributed by atoms with E-state index >= 15 is 0 Å². The molecule has 8 nitrogen and oxygen atoms in total. The zero-order valence-corrected chi connectivity index (χ0v) is 27.4. The highest BCUT2D eigenvalue weighted by molar-refractivity contribution is 14.1. The third-order valence-electron chi connectivity index (χ3n) is 8.32. The Balaban J connectivity index is 1.48. The zero-order valence-electron chi connectivity index (χ0n) is 24.5. The Morgan fingerprint density at radius 2 is 1.90 bits per heavy atom. The normalized spacial score (nSPS) is 21.4. The highest BCUT2D eigenvalue weighted by atomic mass is 127. The summed E-state index contributed by atoms with van der Waals surface area (Å²) in [5.74, 6) is -0.449. The van der Waals surface area contributed by atoms with Crippen LogP contribution in [0.4, 0.5) is 0 Å². The zero-order chi connectivity index (χ0) is 30.4. The molecule has 2 N–H and O–H groups in total. The summed E-state index contributed by atoms with van der Waals surface area (Å²) in [6.45, 7) is 7.32. The first-order valence-electron chi connectivity index (χ1n) is 14.6. The maximum absolute atomic E-state index is 13.9. The van der Waals surface area contributed by atoms with Gasteiger partial charge in [0.1, 0.15) is 0 Å². The molecule has 10 heteroatoms. The Bertz CT molecular complexity index is 1300. The molecule has 2 aliphatic rings. The molecule has 2 aliphatic heterocycles. The van der Waals surface area contributed by atoms with E-state index in [1.807, 2.05) is 23.1 Å². The van der Waals surface area contributed by atoms with Gasteiger partial charge < -0.3 is 15.5 Å². The van der Waals surface area contributed by atoms with Crippen LogP contribution < -0.4 is 10.6 Å². The molecule has 0 radical (unpaired) electrons. The first-order valence-corrected chi connectivity index (χ1v) is 16.5. The number of rotatable bonds is 11. The fourth-order valence-corrected chi connectivity index (χ4v) is 6.78. The molecule has 0 saturated carbocycles. The van der Waals surface area contributed by atoms with Gasteiger partial charge in [-0.2, -0.15) is 0 Å². The number of nitrogens with zero attached hydrogens (tertiary/aromatic N) is 2. The molecule has 0 aliphatic carbocycles. The fourth-order valence-electron chi connectivity index (χ4n) is 5.74. The predicted octanol–water partition coefficient (Wildman–Crippen LogP) is 4.93. The number of amides is 4. The molecule has 2 aromatic carbocycles. The lowest BCUT2D eigenvalue weighted by Crippen LogP contribution is -2.50. The molecule has 0 spiro atoms. The lowest BCUT2D eigenvalue weighted by atomic mass is 9.92. The van der Waals surface area contributed by atoms with E-state index in [-0.39, 0.29) is 48.6 Å². The number of benzene rings is 2. The Labute approximate surface area is 267 Å². The van der Waals surface area contributed by atoms with Crippen molar-refractivity contribution >= 4 is 57.8 Å². The van der Waals surface area contributed by atoms with Crippen LogP contribution in [0, 0.1) is 5.41 Å². The van der Waals surface area contributed by atoms with E-state index in [1.165, 1.54) is 10.5 Å². The molecule has 0 aromatic heterocycles. The number of likely N-dealkylation sites (tertiary alicyclic amines) is 1. The number of alkyl halides is 1. The second-order valence-corrected chi connectivity index (χ2v) is 13.0. The summed E-state index contributed by atoms with van der Waals surface area (Å²) in [4.78, 5) is 55.5. The minimum atomic E-state index is -0.723. The Morgan fingerprint density at radius 1 is 1.17 bits per heavy atom. The van der Waals surface area contributed by atoms with Gasteiger partial charge in [0.15, 0.2) is 0 Å². The van der Waals surface area contributed by atoms with Crippen LogP contribution in [0.5, 0.6) is 0 Å². The Kier molecular flexibility index (Phi) is 11.0. The van der Waals surface area contributed by atoms with E-state index in [9.17, 15) is 19.2 Å². The minimum absolute atomic E-state index is 0.0408. The first kappa shape index (κ1) is 32.4. The number of carbonyl (C=O) groups is 4. The van der Waals surface area contributed by atoms with Gasteiger partial charge in [-0.3, -0.25) is 24.1 Å². The minimum Gasteiger partial charge on any atom is -0.350 e. The van der Waals surface area contributed by atoms with Crippen molar-refractivity contribution in [2.75, 3.05) is 26.2 Å². The highest BCUT2D eigenvalue weighted by Crippen LogP contribution is 2.32. The first-order chi connectivity index (χ1) is 20.0. The Morgan fingerprint density at radius 3 is 2.55 bits per heavy atom. The topological polar surface area (TPSA) is 98.8 Å². The maximum atomic E-state index is 13.9. The molecule has 226 valence electrons. The Hall–Kier alpha value is -2.50. The van der Waals surface area contributed by atoms with E-state index < -0.39 is 11.5 Å². The number of imide groups is 1. The summed E-state index contributed by atoms with van der Waals surface area (Å²) in [6.07, 6.45) is 2.03. The molecule has 2 saturated heterocycles. The van der Waals surface area contributed by atoms with Crippen molar-refractivity contribution in [1.82, 2.24) is 20.4 Å². The van der Waals surface area contributed by atoms with Crippen LogP contribution in [0.25, 0.3) is 0 Å². The molecule has 0 bridgehead atoms. The molecule has 42 heavy (non-hydrogen) atoms. The van der Waals surface area contributed by atoms with Gasteiger partial charge in [-0.05, 0) is 48.6 Å². The number of nitrogens with one attached hydrogen (secondary N) is 2. The molecule has 3 atom stereocenters. The third-order valence-corrected chi connectivity index (χ3v) is 9.51. The van der Waals surface area contributed by atoms with Gasteiger partial charge in [0.05, 0.1) is 11.5 Å². The van der Waals surface area contributed by atoms with Gasteiger partial charge in [0, 0.05) is 59.6 Å². The van der Waals surface area contributed by atoms with Gasteiger partial charge in [0.25, 0.3) is 5.91 Å². The highest BCUT2D eigenvalue weighted by Gasteiger charge is 2.45. The van der Waals surface area contributed by atoms with Gasteiger partial charge in [-0.15, -0.1) is 0 Å². The quantitative estimate of drug-likeness (QED) is 0.196. The predicted molar refractivity (Wildman–Crippen MR) is 173 cm³/mol. The molecular weight excluding hydrogens is 667 g/mol. The molecule has 4 rings (SSSR count). The molecular formula is C32H40ClIN4O4. The average Bonchev–Trinajstić information content (AvgIpc) is 3.08. The van der Waals surface area contributed by atoms with Crippen molar-refractivity contribution in [3.63, 3.8) is 0 Å². The fraction of sp³-hybridized carbons (Fsp3) is 0.500. The van der Waals surface area contributed by atoms with Crippen molar-refractivity contribution < 1.29 is 19.2 Å². The van der Waals surface area contributed by atoms with Crippen LogP contribution in [0.2, 0.25) is 5.02 Å². The second kappa shape index (κ2) is 14.3. The second-order valence-electron chi connectivity index (χ2n) is 11.9. The molecule has 2 fully saturated rings. The van der Waals surface area contributed by atoms with Crippen molar-refractivity contribution in [2.24, 2.45) is 5.41 Å². The maximum Gasteiger partial charge on any atom is 0.251 e. The summed E-state index contributed by atoms with van der Waals surface area (Å²) in [5, 5.41) is 7.12. The monoisotopic (exact) mass is 706 g/mol. The van der Waals surface area contributed by atoms with E-state index in [1.54, 1.807) is 32.0 Å². The number of carbonyl (C=O) groups excluding carboxylic acids is 4. The van der Waals surface area contributed by atoms with Crippen LogP contribution in [-0.4, -0.2) is 71.7 Å². The van der Waals surface area contributed by atoms with Crippen LogP contribution in [0.3, 0.4) is 0 Å². The van der Waals surface area contributed by atoms with Gasteiger partial charge in [-0.25, -0.2) is 0 Å². The third kappa shape index (κ3) is 7.71. The standard InChI is InChI=1S/C32H40ClIN4O4/c1-4-21(22-8-6-5-7-9-22)20-37-14-12-25(19-35-29(40)23-10-11-26(33)24(16-23)18-34)36-27(30(37)41)13-15-38-28(39)17-32(2,3)31(38)42/h5-11,16,21,25,27,36H,4,12-15,17-20H2,1-3H3,(H,35,40)/t21-,25+,27+/m1/s1. The van der Waals surface area contributed by atoms with Crippen LogP contribution in [0.15, 0.2) is 48.5 Å². The average molecular weight is 707 g/mol. The number of hydrogen-bond donors (Lipinski definition) is 2. The van der Waals surface area contributed by atoms with Crippen molar-refractivity contribution in [2.45, 2.75) is 68.9 Å². The smallest absolute Gasteiger partial charge is 0.251 e. The van der Waals surface area contributed by atoms with Gasteiger partial charge in [-0.1, -0.05) is 85.3 Å². The molecule has 4 amide bonds. The summed E-state index contributed by atoms with van der Waals surface area (Å²) < 4.78 is 0.697. The lowest BCUT2D eigenvalue weighted by Gasteiger charge is -2.29. The lowest BCUT2D eigenvalue weighted by molar-refractivity contribution is -0.142. The summed E-state index contributed by atoms with van der Waals surface area (Å²) in [5.41, 5.74) is 1.91. The van der Waals surface area contributed by atoms with E-state index in [0.717, 1.165) is 12.0 Å². The van der Waals surface area contributed by atoms with Crippen molar-refractivity contribution in [3.8, 4) is 0 Å². The number of hydrogen-bond acceptors (Lipinski definition) is 5. The SMILES string of the molecule is CC[C@H](CN1CC[C@@H](CNC(=O)c2ccc(Cl)c(CI)c2)N[C@@H](CCN2C(=O)CC(C)(C)C2=O)C1=O)c1ccccc1. The summed E-state index contributed by atoms with van der Waals surface area (Å²) in [7, 11) is 0. The van der Waals surface area contributed by atoms with E-state index in [2.05, 4.69) is 52.3 Å². The van der Waals surface area contributed by atoms with Gasteiger partial charge in [0.2, 0.25) is 17.7 Å². The molecule has 0 unspecified atom stereocenters. The largest absolute Gasteiger partial charge is 0.350 e. The van der Waals surface area contributed by atoms with Crippen LogP contribution in [0.1, 0.15) is 73.9 Å². The van der Waals surface area contributed by atoms with Gasteiger partial charge >= 0.3 is 0 Å². The van der Waals surface area contributed by atoms with Crippen LogP contribution in [-0.2, 0) is 18.8 Å². The van der Waals surface area contributed by atoms with Crippen molar-refractivity contribution in [3.05, 3.63) is 70.2 Å². The molecule has 2 heterocycles. The van der Waals surface area contributed by atoms with E-state index in [0.29, 0.717) is 47.5 Å². The molecule has 2 aromatic rings. The summed E-state index contributed by atoms with van der Waals surface area (Å²) in [6, 6.07) is 14.7. The van der Waals surface area contributed by atoms with E-state index in [4.69, 9.17) is 11.6 Å². The van der Waals surface area contributed by atoms with Crippen molar-refractivity contribution in [1.29, 1.82) is 0 Å². The van der Waals surface area contributed by atoms with Crippen LogP contribution >= 0.6 is 34.2 Å². The summed E-state index contributed by atoms with van der Waals surface area (Å²) >= 11 is 8.45. The number of halogens is 2.